The molecule has 0 amide bonds. The van der Waals surface area contributed by atoms with Crippen molar-refractivity contribution in [2.45, 2.75) is 10.3 Å². The first-order chi connectivity index (χ1) is 13.2. The van der Waals surface area contributed by atoms with Crippen LogP contribution in [0.15, 0.2) is 83.4 Å². The fraction of sp³-hybridized carbons (Fsp3) is 0. The molecule has 0 aliphatic rings. The summed E-state index contributed by atoms with van der Waals surface area (Å²) in [5, 5.41) is 20.3. The lowest BCUT2D eigenvalue weighted by Crippen LogP contribution is -2.00. The third kappa shape index (κ3) is 3.53. The van der Waals surface area contributed by atoms with E-state index in [4.69, 9.17) is 0 Å². The Labute approximate surface area is 158 Å². The highest BCUT2D eigenvalue weighted by Crippen LogP contribution is 2.30. The molecular formula is C18H12N6O2S. The Kier molecular flexibility index (Phi) is 4.58. The van der Waals surface area contributed by atoms with Gasteiger partial charge in [0.15, 0.2) is 11.0 Å². The van der Waals surface area contributed by atoms with Crippen molar-refractivity contribution in [2.24, 2.45) is 0 Å². The van der Waals surface area contributed by atoms with E-state index in [1.54, 1.807) is 0 Å². The average Bonchev–Trinajstić information content (AvgIpc) is 3.13. The van der Waals surface area contributed by atoms with Crippen LogP contribution < -0.4 is 0 Å². The molecule has 27 heavy (non-hydrogen) atoms. The monoisotopic (exact) mass is 376 g/mol. The van der Waals surface area contributed by atoms with Gasteiger partial charge in [0.2, 0.25) is 5.16 Å². The van der Waals surface area contributed by atoms with Crippen molar-refractivity contribution in [3.8, 4) is 17.1 Å². The van der Waals surface area contributed by atoms with Crippen LogP contribution in [-0.4, -0.2) is 29.7 Å². The van der Waals surface area contributed by atoms with Gasteiger partial charge < -0.3 is 0 Å². The van der Waals surface area contributed by atoms with Crippen LogP contribution in [-0.2, 0) is 0 Å². The van der Waals surface area contributed by atoms with Crippen molar-refractivity contribution in [3.05, 3.63) is 83.2 Å². The SMILES string of the molecule is O=[N+]([O-])c1cnc(Sc2nnc(-c3ccccc3)n2-c2ccccc2)nc1. The van der Waals surface area contributed by atoms with Gasteiger partial charge in [-0.05, 0) is 23.9 Å². The minimum Gasteiger partial charge on any atom is -0.270 e. The van der Waals surface area contributed by atoms with Gasteiger partial charge in [0, 0.05) is 11.3 Å². The van der Waals surface area contributed by atoms with Crippen LogP contribution in [0.2, 0.25) is 0 Å². The number of para-hydroxylation sites is 1. The number of aromatic nitrogens is 5. The van der Waals surface area contributed by atoms with Gasteiger partial charge >= 0.3 is 5.69 Å². The van der Waals surface area contributed by atoms with E-state index in [-0.39, 0.29) is 5.69 Å². The predicted molar refractivity (Wildman–Crippen MR) is 99.6 cm³/mol. The lowest BCUT2D eigenvalue weighted by molar-refractivity contribution is -0.385. The highest BCUT2D eigenvalue weighted by Gasteiger charge is 2.18. The van der Waals surface area contributed by atoms with E-state index in [9.17, 15) is 10.1 Å². The number of benzene rings is 2. The molecule has 0 fully saturated rings. The Morgan fingerprint density at radius 1 is 0.889 bits per heavy atom. The number of hydrogen-bond acceptors (Lipinski definition) is 7. The molecule has 2 aromatic carbocycles. The molecule has 8 nitrogen and oxygen atoms in total. The zero-order valence-corrected chi connectivity index (χ0v) is 14.7. The Hall–Kier alpha value is -3.59. The van der Waals surface area contributed by atoms with E-state index < -0.39 is 4.92 Å². The normalized spacial score (nSPS) is 10.7. The van der Waals surface area contributed by atoms with E-state index in [1.807, 2.05) is 65.2 Å². The smallest absolute Gasteiger partial charge is 0.270 e. The van der Waals surface area contributed by atoms with Crippen LogP contribution >= 0.6 is 11.8 Å². The summed E-state index contributed by atoms with van der Waals surface area (Å²) in [5.74, 6) is 0.686. The Bertz CT molecular complexity index is 1070. The second-order valence-electron chi connectivity index (χ2n) is 5.43. The van der Waals surface area contributed by atoms with Crippen molar-refractivity contribution in [1.29, 1.82) is 0 Å². The third-order valence-corrected chi connectivity index (χ3v) is 4.53. The summed E-state index contributed by atoms with van der Waals surface area (Å²) >= 11 is 1.19. The van der Waals surface area contributed by atoms with Crippen LogP contribution in [0.25, 0.3) is 17.1 Å². The van der Waals surface area contributed by atoms with E-state index >= 15 is 0 Å². The van der Waals surface area contributed by atoms with Crippen molar-refractivity contribution in [3.63, 3.8) is 0 Å². The number of nitro groups is 1. The van der Waals surface area contributed by atoms with Gasteiger partial charge in [-0.2, -0.15) is 0 Å². The van der Waals surface area contributed by atoms with Gasteiger partial charge in [-0.15, -0.1) is 10.2 Å². The van der Waals surface area contributed by atoms with E-state index in [0.717, 1.165) is 11.3 Å². The fourth-order valence-corrected chi connectivity index (χ4v) is 3.20. The van der Waals surface area contributed by atoms with Gasteiger partial charge in [0.05, 0.1) is 4.92 Å². The van der Waals surface area contributed by atoms with Crippen LogP contribution in [0, 0.1) is 10.1 Å². The zero-order valence-electron chi connectivity index (χ0n) is 13.8. The first-order valence-electron chi connectivity index (χ1n) is 7.93. The molecule has 0 aliphatic heterocycles. The average molecular weight is 376 g/mol. The second-order valence-corrected chi connectivity index (χ2v) is 6.36. The molecule has 0 bridgehead atoms. The lowest BCUT2D eigenvalue weighted by Gasteiger charge is -2.09. The topological polar surface area (TPSA) is 99.6 Å². The molecule has 0 radical (unpaired) electrons. The van der Waals surface area contributed by atoms with Gasteiger partial charge in [0.1, 0.15) is 12.4 Å². The third-order valence-electron chi connectivity index (χ3n) is 3.69. The van der Waals surface area contributed by atoms with Crippen molar-refractivity contribution >= 4 is 17.4 Å². The Morgan fingerprint density at radius 2 is 1.52 bits per heavy atom. The maximum atomic E-state index is 10.8. The maximum absolute atomic E-state index is 10.8. The van der Waals surface area contributed by atoms with Crippen molar-refractivity contribution in [1.82, 2.24) is 24.7 Å². The minimum absolute atomic E-state index is 0.158. The van der Waals surface area contributed by atoms with Gasteiger partial charge in [0.25, 0.3) is 0 Å². The Morgan fingerprint density at radius 3 is 2.15 bits per heavy atom. The van der Waals surface area contributed by atoms with Crippen LogP contribution in [0.3, 0.4) is 0 Å². The molecule has 0 unspecified atom stereocenters. The number of nitrogens with zero attached hydrogens (tertiary/aromatic N) is 6. The zero-order chi connectivity index (χ0) is 18.6. The molecule has 132 valence electrons. The molecule has 0 saturated carbocycles. The summed E-state index contributed by atoms with van der Waals surface area (Å²) < 4.78 is 1.91. The first-order valence-corrected chi connectivity index (χ1v) is 8.74. The van der Waals surface area contributed by atoms with Gasteiger partial charge in [-0.1, -0.05) is 48.5 Å². The van der Waals surface area contributed by atoms with E-state index in [1.165, 1.54) is 24.2 Å². The summed E-state index contributed by atoms with van der Waals surface area (Å²) in [6.07, 6.45) is 2.35. The van der Waals surface area contributed by atoms with Crippen molar-refractivity contribution < 1.29 is 4.92 Å². The quantitative estimate of drug-likeness (QED) is 0.297. The maximum Gasteiger partial charge on any atom is 0.305 e. The van der Waals surface area contributed by atoms with Crippen molar-refractivity contribution in [2.75, 3.05) is 0 Å². The largest absolute Gasteiger partial charge is 0.305 e. The molecule has 4 rings (SSSR count). The summed E-state index contributed by atoms with van der Waals surface area (Å²) in [5.41, 5.74) is 1.66. The van der Waals surface area contributed by atoms with E-state index in [0.29, 0.717) is 16.1 Å². The van der Waals surface area contributed by atoms with Gasteiger partial charge in [-0.25, -0.2) is 9.97 Å². The summed E-state index contributed by atoms with van der Waals surface area (Å²) in [7, 11) is 0. The fourth-order valence-electron chi connectivity index (χ4n) is 2.46. The minimum atomic E-state index is -0.533. The summed E-state index contributed by atoms with van der Waals surface area (Å²) in [4.78, 5) is 18.3. The highest BCUT2D eigenvalue weighted by atomic mass is 32.2. The van der Waals surface area contributed by atoms with Crippen LogP contribution in [0.4, 0.5) is 5.69 Å². The molecular weight excluding hydrogens is 364 g/mol. The second kappa shape index (κ2) is 7.34. The van der Waals surface area contributed by atoms with Gasteiger partial charge in [-0.3, -0.25) is 14.7 Å². The molecule has 0 spiro atoms. The molecule has 0 atom stereocenters. The highest BCUT2D eigenvalue weighted by molar-refractivity contribution is 7.99. The molecule has 0 aliphatic carbocycles. The van der Waals surface area contributed by atoms with Crippen LogP contribution in [0.1, 0.15) is 0 Å². The Balaban J connectivity index is 1.77. The number of rotatable bonds is 5. The standard InChI is InChI=1S/C18H12N6O2S/c25-24(26)15-11-19-17(20-12-15)27-18-22-21-16(13-7-3-1-4-8-13)23(18)14-9-5-2-6-10-14/h1-12H. The first kappa shape index (κ1) is 16.9. The van der Waals surface area contributed by atoms with Crippen LogP contribution in [0.5, 0.6) is 0 Å². The molecule has 2 heterocycles. The number of hydrogen-bond donors (Lipinski definition) is 0. The molecule has 0 N–H and O–H groups in total. The summed E-state index contributed by atoms with van der Waals surface area (Å²) in [6.45, 7) is 0. The molecule has 0 saturated heterocycles. The molecule has 9 heteroatoms. The molecule has 2 aromatic heterocycles. The lowest BCUT2D eigenvalue weighted by atomic mass is 10.2. The molecule has 4 aromatic rings. The summed E-state index contributed by atoms with van der Waals surface area (Å²) in [6, 6.07) is 19.4. The van der Waals surface area contributed by atoms with E-state index in [2.05, 4.69) is 20.2 Å². The predicted octanol–water partition coefficient (Wildman–Crippen LogP) is 3.78.